The van der Waals surface area contributed by atoms with Crippen LogP contribution >= 0.6 is 0 Å². The van der Waals surface area contributed by atoms with Crippen LogP contribution in [-0.4, -0.2) is 37.6 Å². The first kappa shape index (κ1) is 39.1. The Balaban J connectivity index is 1.03. The van der Waals surface area contributed by atoms with Crippen LogP contribution in [0.3, 0.4) is 0 Å². The van der Waals surface area contributed by atoms with Gasteiger partial charge in [0.05, 0.1) is 26.4 Å². The van der Waals surface area contributed by atoms with E-state index < -0.39 is 0 Å². The van der Waals surface area contributed by atoms with Crippen molar-refractivity contribution in [3.63, 3.8) is 0 Å². The molecule has 0 spiro atoms. The van der Waals surface area contributed by atoms with Gasteiger partial charge in [-0.25, -0.2) is 0 Å². The Kier molecular flexibility index (Phi) is 19.9. The molecule has 2 saturated heterocycles. The third-order valence-electron chi connectivity index (χ3n) is 10.6. The fraction of sp³-hybridized carbons (Fsp3) is 0.727. The molecule has 48 heavy (non-hydrogen) atoms. The molecular formula is C44H70O4. The van der Waals surface area contributed by atoms with Crippen LogP contribution in [0.4, 0.5) is 0 Å². The van der Waals surface area contributed by atoms with E-state index in [-0.39, 0.29) is 24.4 Å². The molecule has 2 fully saturated rings. The van der Waals surface area contributed by atoms with E-state index in [1.54, 1.807) is 0 Å². The number of hydrogen-bond acceptors (Lipinski definition) is 4. The van der Waals surface area contributed by atoms with E-state index in [2.05, 4.69) is 62.4 Å². The van der Waals surface area contributed by atoms with Crippen LogP contribution in [0, 0.1) is 0 Å². The maximum absolute atomic E-state index is 6.31. The highest BCUT2D eigenvalue weighted by Gasteiger charge is 2.48. The summed E-state index contributed by atoms with van der Waals surface area (Å²) in [5, 5.41) is 0. The van der Waals surface area contributed by atoms with Gasteiger partial charge in [0.1, 0.15) is 24.4 Å². The second kappa shape index (κ2) is 24.4. The maximum atomic E-state index is 6.31. The maximum Gasteiger partial charge on any atom is 0.115 e. The molecule has 0 aliphatic carbocycles. The fourth-order valence-corrected chi connectivity index (χ4v) is 7.36. The van der Waals surface area contributed by atoms with Crippen molar-refractivity contribution in [2.24, 2.45) is 0 Å². The van der Waals surface area contributed by atoms with Gasteiger partial charge in [-0.2, -0.15) is 0 Å². The predicted octanol–water partition coefficient (Wildman–Crippen LogP) is 11.9. The highest BCUT2D eigenvalue weighted by Crippen LogP contribution is 2.31. The Morgan fingerprint density at radius 1 is 0.417 bits per heavy atom. The van der Waals surface area contributed by atoms with Gasteiger partial charge in [0.25, 0.3) is 0 Å². The minimum absolute atomic E-state index is 0.0417. The van der Waals surface area contributed by atoms with Gasteiger partial charge in [0.15, 0.2) is 0 Å². The predicted molar refractivity (Wildman–Crippen MR) is 201 cm³/mol. The Morgan fingerprint density at radius 3 is 1.04 bits per heavy atom. The lowest BCUT2D eigenvalue weighted by Crippen LogP contribution is -2.34. The van der Waals surface area contributed by atoms with Gasteiger partial charge in [0, 0.05) is 0 Å². The van der Waals surface area contributed by atoms with E-state index in [0.717, 1.165) is 0 Å². The number of hydrogen-bond donors (Lipinski definition) is 0. The highest BCUT2D eigenvalue weighted by atomic mass is 16.6. The molecule has 0 amide bonds. The topological polar surface area (TPSA) is 36.9 Å². The molecule has 4 heteroatoms. The summed E-state index contributed by atoms with van der Waals surface area (Å²) < 4.78 is 24.9. The van der Waals surface area contributed by atoms with Crippen molar-refractivity contribution >= 4 is 0 Å². The summed E-state index contributed by atoms with van der Waals surface area (Å²) in [6.07, 6.45) is 29.9. The monoisotopic (exact) mass is 663 g/mol. The standard InChI is InChI=1S/C44H70O4/c1-3-5-7-9-11-13-15-17-19-21-23-37-25-29-39(30-26-37)33-45-41-35-47-44-42(36-48-43(41)44)46-34-40-31-27-38(28-32-40)24-22-20-18-16-14-12-10-8-6-4-2/h25-32,41-44H,3-24,33-36H2,1-2H3. The second-order valence-corrected chi connectivity index (χ2v) is 14.8. The van der Waals surface area contributed by atoms with E-state index in [9.17, 15) is 0 Å². The van der Waals surface area contributed by atoms with E-state index in [1.165, 1.54) is 164 Å². The molecule has 2 aliphatic heterocycles. The lowest BCUT2D eigenvalue weighted by molar-refractivity contribution is -0.0580. The van der Waals surface area contributed by atoms with Crippen LogP contribution in [0.1, 0.15) is 165 Å². The average Bonchev–Trinajstić information content (AvgIpc) is 3.71. The molecule has 270 valence electrons. The van der Waals surface area contributed by atoms with Crippen LogP contribution in [0.25, 0.3) is 0 Å². The molecule has 0 bridgehead atoms. The highest BCUT2D eigenvalue weighted by molar-refractivity contribution is 5.23. The number of aryl methyl sites for hydroxylation is 2. The molecular weight excluding hydrogens is 592 g/mol. The molecule has 0 aromatic heterocycles. The lowest BCUT2D eigenvalue weighted by Gasteiger charge is -2.18. The summed E-state index contributed by atoms with van der Waals surface area (Å²) in [7, 11) is 0. The van der Waals surface area contributed by atoms with Gasteiger partial charge < -0.3 is 18.9 Å². The largest absolute Gasteiger partial charge is 0.370 e. The Hall–Kier alpha value is -1.72. The Bertz CT molecular complexity index is 965. The van der Waals surface area contributed by atoms with Gasteiger partial charge in [-0.1, -0.05) is 178 Å². The minimum atomic E-state index is -0.0472. The number of fused-ring (bicyclic) bond motifs is 1. The lowest BCUT2D eigenvalue weighted by atomic mass is 10.0. The zero-order valence-electron chi connectivity index (χ0n) is 30.9. The van der Waals surface area contributed by atoms with E-state index in [4.69, 9.17) is 18.9 Å². The van der Waals surface area contributed by atoms with E-state index in [1.807, 2.05) is 0 Å². The molecule has 4 nitrogen and oxygen atoms in total. The van der Waals surface area contributed by atoms with Crippen LogP contribution in [-0.2, 0) is 45.0 Å². The first-order chi connectivity index (χ1) is 23.8. The first-order valence-electron chi connectivity index (χ1n) is 20.4. The molecule has 2 aromatic rings. The molecule has 2 heterocycles. The Morgan fingerprint density at radius 2 is 0.708 bits per heavy atom. The van der Waals surface area contributed by atoms with Crippen molar-refractivity contribution in [3.05, 3.63) is 70.8 Å². The molecule has 0 N–H and O–H groups in total. The zero-order chi connectivity index (χ0) is 33.5. The molecule has 4 atom stereocenters. The average molecular weight is 663 g/mol. The van der Waals surface area contributed by atoms with Crippen LogP contribution in [0.2, 0.25) is 0 Å². The summed E-state index contributed by atoms with van der Waals surface area (Å²) >= 11 is 0. The van der Waals surface area contributed by atoms with Crippen LogP contribution in [0.5, 0.6) is 0 Å². The number of ether oxygens (including phenoxy) is 4. The third kappa shape index (κ3) is 15.0. The van der Waals surface area contributed by atoms with Gasteiger partial charge in [-0.15, -0.1) is 0 Å². The van der Waals surface area contributed by atoms with E-state index >= 15 is 0 Å². The third-order valence-corrected chi connectivity index (χ3v) is 10.6. The molecule has 0 radical (unpaired) electrons. The van der Waals surface area contributed by atoms with Crippen molar-refractivity contribution < 1.29 is 18.9 Å². The van der Waals surface area contributed by atoms with Gasteiger partial charge in [-0.05, 0) is 47.9 Å². The minimum Gasteiger partial charge on any atom is -0.370 e. The van der Waals surface area contributed by atoms with Crippen molar-refractivity contribution in [3.8, 4) is 0 Å². The number of benzene rings is 2. The van der Waals surface area contributed by atoms with Gasteiger partial charge in [0.2, 0.25) is 0 Å². The SMILES string of the molecule is CCCCCCCCCCCCc1ccc(COC2COC3C(OCc4ccc(CCCCCCCCCCCC)cc4)COC23)cc1. The smallest absolute Gasteiger partial charge is 0.115 e. The molecule has 0 saturated carbocycles. The Labute approximate surface area is 295 Å². The van der Waals surface area contributed by atoms with E-state index in [0.29, 0.717) is 26.4 Å². The summed E-state index contributed by atoms with van der Waals surface area (Å²) in [6.45, 7) is 6.90. The summed E-state index contributed by atoms with van der Waals surface area (Å²) in [4.78, 5) is 0. The molecule has 4 unspecified atom stereocenters. The quantitative estimate of drug-likeness (QED) is 0.0850. The van der Waals surface area contributed by atoms with Crippen LogP contribution in [0.15, 0.2) is 48.5 Å². The van der Waals surface area contributed by atoms with Gasteiger partial charge >= 0.3 is 0 Å². The van der Waals surface area contributed by atoms with Crippen molar-refractivity contribution in [1.82, 2.24) is 0 Å². The first-order valence-corrected chi connectivity index (χ1v) is 20.4. The second-order valence-electron chi connectivity index (χ2n) is 14.8. The molecule has 2 aromatic carbocycles. The fourth-order valence-electron chi connectivity index (χ4n) is 7.36. The summed E-state index contributed by atoms with van der Waals surface area (Å²) in [6, 6.07) is 18.0. The van der Waals surface area contributed by atoms with Crippen molar-refractivity contribution in [2.75, 3.05) is 13.2 Å². The molecule has 2 aliphatic rings. The van der Waals surface area contributed by atoms with Crippen molar-refractivity contribution in [2.45, 2.75) is 193 Å². The number of unbranched alkanes of at least 4 members (excludes halogenated alkanes) is 18. The zero-order valence-corrected chi connectivity index (χ0v) is 30.9. The van der Waals surface area contributed by atoms with Crippen molar-refractivity contribution in [1.29, 1.82) is 0 Å². The summed E-state index contributed by atoms with van der Waals surface area (Å²) in [5.74, 6) is 0. The summed E-state index contributed by atoms with van der Waals surface area (Å²) in [5.41, 5.74) is 5.30. The van der Waals surface area contributed by atoms with Gasteiger partial charge in [-0.3, -0.25) is 0 Å². The molecule has 4 rings (SSSR count). The van der Waals surface area contributed by atoms with Crippen LogP contribution < -0.4 is 0 Å². The normalized spacial score (nSPS) is 20.5. The number of rotatable bonds is 28.